The van der Waals surface area contributed by atoms with E-state index in [1.807, 2.05) is 39.0 Å². The van der Waals surface area contributed by atoms with E-state index in [1.54, 1.807) is 30.3 Å². The fraction of sp³-hybridized carbons (Fsp3) is 0.409. The lowest BCUT2D eigenvalue weighted by Crippen LogP contribution is -2.45. The highest BCUT2D eigenvalue weighted by atomic mass is 35.5. The van der Waals surface area contributed by atoms with Crippen molar-refractivity contribution in [2.75, 3.05) is 18.9 Å². The van der Waals surface area contributed by atoms with Crippen molar-refractivity contribution in [3.05, 3.63) is 47.2 Å². The number of nitrogens with one attached hydrogen (secondary N) is 1. The van der Waals surface area contributed by atoms with Crippen LogP contribution >= 0.6 is 11.6 Å². The van der Waals surface area contributed by atoms with E-state index in [1.165, 1.54) is 0 Å². The van der Waals surface area contributed by atoms with Gasteiger partial charge in [-0.05, 0) is 57.4 Å². The molecule has 1 aliphatic carbocycles. The van der Waals surface area contributed by atoms with Crippen LogP contribution in [-0.2, 0) is 4.74 Å². The first-order chi connectivity index (χ1) is 13.6. The number of aromatic nitrogens is 1. The predicted octanol–water partition coefficient (Wildman–Crippen LogP) is 5.09. The van der Waals surface area contributed by atoms with Crippen molar-refractivity contribution in [3.63, 3.8) is 0 Å². The average molecular weight is 413 g/mol. The molecule has 29 heavy (non-hydrogen) atoms. The summed E-state index contributed by atoms with van der Waals surface area (Å²) in [5.74, 6) is 0. The average Bonchev–Trinajstić information content (AvgIpc) is 3.46. The van der Waals surface area contributed by atoms with Gasteiger partial charge in [-0.1, -0.05) is 23.7 Å². The van der Waals surface area contributed by atoms with Crippen LogP contribution in [0.1, 0.15) is 39.2 Å². The van der Waals surface area contributed by atoms with E-state index in [-0.39, 0.29) is 11.6 Å². The van der Waals surface area contributed by atoms with Crippen molar-refractivity contribution >= 4 is 23.4 Å². The van der Waals surface area contributed by atoms with Gasteiger partial charge in [-0.15, -0.1) is 0 Å². The molecular formula is C22H25ClN4O2. The summed E-state index contributed by atoms with van der Waals surface area (Å²) in [6.07, 6.45) is 3.20. The molecule has 0 unspecified atom stereocenters. The second kappa shape index (κ2) is 7.92. The quantitative estimate of drug-likeness (QED) is 0.692. The minimum atomic E-state index is -0.523. The summed E-state index contributed by atoms with van der Waals surface area (Å²) >= 11 is 6.29. The summed E-state index contributed by atoms with van der Waals surface area (Å²) in [5, 5.41) is 12.7. The Hall–Kier alpha value is -2.78. The second-order valence-electron chi connectivity index (χ2n) is 8.37. The molecule has 1 heterocycles. The Morgan fingerprint density at radius 1 is 1.34 bits per heavy atom. The fourth-order valence-electron chi connectivity index (χ4n) is 3.04. The number of halogens is 1. The van der Waals surface area contributed by atoms with Crippen LogP contribution in [0, 0.1) is 11.3 Å². The Kier molecular flexibility index (Phi) is 5.72. The van der Waals surface area contributed by atoms with Crippen LogP contribution < -0.4 is 5.32 Å². The highest BCUT2D eigenvalue weighted by Crippen LogP contribution is 2.42. The molecule has 2 aromatic rings. The molecule has 1 amide bonds. The number of rotatable bonds is 5. The molecule has 0 bridgehead atoms. The predicted molar refractivity (Wildman–Crippen MR) is 114 cm³/mol. The summed E-state index contributed by atoms with van der Waals surface area (Å²) in [5.41, 5.74) is 2.30. The van der Waals surface area contributed by atoms with E-state index in [0.29, 0.717) is 17.3 Å². The van der Waals surface area contributed by atoms with E-state index in [0.717, 1.165) is 29.7 Å². The monoisotopic (exact) mass is 412 g/mol. The van der Waals surface area contributed by atoms with Crippen molar-refractivity contribution < 1.29 is 9.53 Å². The molecule has 0 spiro atoms. The molecule has 7 heteroatoms. The van der Waals surface area contributed by atoms with Gasteiger partial charge in [-0.25, -0.2) is 9.78 Å². The summed E-state index contributed by atoms with van der Waals surface area (Å²) in [6, 6.07) is 11.2. The zero-order chi connectivity index (χ0) is 21.2. The molecule has 152 valence electrons. The third-order valence-electron chi connectivity index (χ3n) is 4.99. The van der Waals surface area contributed by atoms with Crippen LogP contribution in [0.2, 0.25) is 5.15 Å². The highest BCUT2D eigenvalue weighted by Gasteiger charge is 2.49. The number of ether oxygens (including phenoxy) is 1. The van der Waals surface area contributed by atoms with E-state index in [4.69, 9.17) is 21.6 Å². The summed E-state index contributed by atoms with van der Waals surface area (Å²) in [7, 11) is 1.78. The van der Waals surface area contributed by atoms with Gasteiger partial charge in [0.15, 0.2) is 0 Å². The minimum absolute atomic E-state index is 0.253. The lowest BCUT2D eigenvalue weighted by molar-refractivity contribution is 0.0206. The van der Waals surface area contributed by atoms with E-state index < -0.39 is 5.60 Å². The Morgan fingerprint density at radius 2 is 2.00 bits per heavy atom. The van der Waals surface area contributed by atoms with Gasteiger partial charge >= 0.3 is 6.09 Å². The molecule has 6 nitrogen and oxygen atoms in total. The zero-order valence-corrected chi connectivity index (χ0v) is 17.9. The summed E-state index contributed by atoms with van der Waals surface area (Å²) in [6.45, 7) is 6.18. The number of carbonyl (C=O) groups is 1. The van der Waals surface area contributed by atoms with Gasteiger partial charge in [-0.3, -0.25) is 0 Å². The number of hydrogen-bond donors (Lipinski definition) is 1. The lowest BCUT2D eigenvalue weighted by atomic mass is 10.1. The topological polar surface area (TPSA) is 78.2 Å². The van der Waals surface area contributed by atoms with Gasteiger partial charge < -0.3 is 15.0 Å². The highest BCUT2D eigenvalue weighted by molar-refractivity contribution is 6.32. The Labute approximate surface area is 176 Å². The first-order valence-corrected chi connectivity index (χ1v) is 9.88. The third kappa shape index (κ3) is 4.99. The molecular weight excluding hydrogens is 388 g/mol. The molecule has 1 aliphatic rings. The maximum atomic E-state index is 12.4. The molecule has 1 N–H and O–H groups in total. The SMILES string of the molecule is CN(C(=O)OC(C)(C)C)C1(CNc2cnc(Cl)c(-c3ccc(C#N)cc3)c2)CC1. The number of nitriles is 1. The number of amides is 1. The van der Waals surface area contributed by atoms with Crippen LogP contribution in [0.15, 0.2) is 36.5 Å². The number of anilines is 1. The van der Waals surface area contributed by atoms with Gasteiger partial charge in [-0.2, -0.15) is 5.26 Å². The van der Waals surface area contributed by atoms with Crippen molar-refractivity contribution in [2.45, 2.75) is 44.8 Å². The van der Waals surface area contributed by atoms with Gasteiger partial charge in [0.05, 0.1) is 29.1 Å². The molecule has 1 fully saturated rings. The van der Waals surface area contributed by atoms with Crippen molar-refractivity contribution in [1.29, 1.82) is 5.26 Å². The lowest BCUT2D eigenvalue weighted by Gasteiger charge is -2.31. The van der Waals surface area contributed by atoms with Gasteiger partial charge in [0.1, 0.15) is 10.8 Å². The van der Waals surface area contributed by atoms with Crippen LogP contribution in [0.5, 0.6) is 0 Å². The Bertz CT molecular complexity index is 941. The molecule has 1 aromatic heterocycles. The second-order valence-corrected chi connectivity index (χ2v) is 8.73. The maximum absolute atomic E-state index is 12.4. The van der Waals surface area contributed by atoms with Crippen molar-refractivity contribution in [1.82, 2.24) is 9.88 Å². The van der Waals surface area contributed by atoms with E-state index >= 15 is 0 Å². The Morgan fingerprint density at radius 3 is 2.55 bits per heavy atom. The Balaban J connectivity index is 1.71. The van der Waals surface area contributed by atoms with Crippen LogP contribution in [0.3, 0.4) is 0 Å². The molecule has 1 saturated carbocycles. The molecule has 0 atom stereocenters. The smallest absolute Gasteiger partial charge is 0.410 e. The first kappa shape index (κ1) is 20.9. The van der Waals surface area contributed by atoms with Crippen LogP contribution in [0.25, 0.3) is 11.1 Å². The molecule has 0 aliphatic heterocycles. The van der Waals surface area contributed by atoms with Crippen molar-refractivity contribution in [3.8, 4) is 17.2 Å². The van der Waals surface area contributed by atoms with Gasteiger partial charge in [0, 0.05) is 19.2 Å². The molecule has 1 aromatic carbocycles. The number of hydrogen-bond acceptors (Lipinski definition) is 5. The normalized spacial score (nSPS) is 14.6. The van der Waals surface area contributed by atoms with Gasteiger partial charge in [0.2, 0.25) is 0 Å². The van der Waals surface area contributed by atoms with Crippen LogP contribution in [0.4, 0.5) is 10.5 Å². The van der Waals surface area contributed by atoms with E-state index in [9.17, 15) is 4.79 Å². The number of nitrogens with zero attached hydrogens (tertiary/aromatic N) is 3. The first-order valence-electron chi connectivity index (χ1n) is 9.50. The zero-order valence-electron chi connectivity index (χ0n) is 17.1. The number of carbonyl (C=O) groups excluding carboxylic acids is 1. The number of pyridine rings is 1. The summed E-state index contributed by atoms with van der Waals surface area (Å²) < 4.78 is 5.50. The third-order valence-corrected chi connectivity index (χ3v) is 5.29. The molecule has 0 radical (unpaired) electrons. The van der Waals surface area contributed by atoms with Crippen LogP contribution in [-0.4, -0.2) is 40.7 Å². The van der Waals surface area contributed by atoms with E-state index in [2.05, 4.69) is 16.4 Å². The fourth-order valence-corrected chi connectivity index (χ4v) is 3.25. The standard InChI is InChI=1S/C22H25ClN4O2/c1-21(2,3)29-20(28)27(4)22(9-10-22)14-26-17-11-18(19(23)25-13-17)16-7-5-15(12-24)6-8-16/h5-8,11,13,26H,9-10,14H2,1-4H3. The largest absolute Gasteiger partial charge is 0.444 e. The van der Waals surface area contributed by atoms with Gasteiger partial charge in [0.25, 0.3) is 0 Å². The molecule has 3 rings (SSSR count). The number of likely N-dealkylation sites (N-methyl/N-ethyl adjacent to an activating group) is 1. The minimum Gasteiger partial charge on any atom is -0.444 e. The van der Waals surface area contributed by atoms with Crippen molar-refractivity contribution in [2.24, 2.45) is 0 Å². The maximum Gasteiger partial charge on any atom is 0.410 e. The summed E-state index contributed by atoms with van der Waals surface area (Å²) in [4.78, 5) is 18.4. The molecule has 0 saturated heterocycles. The number of benzene rings is 1.